The molecular weight excluding hydrogens is 475 g/mol. The molecule has 0 saturated heterocycles. The van der Waals surface area contributed by atoms with Gasteiger partial charge in [-0.2, -0.15) is 13.2 Å². The molecular formula is C25H22F3N5OS. The summed E-state index contributed by atoms with van der Waals surface area (Å²) < 4.78 is 42.6. The Kier molecular flexibility index (Phi) is 7.11. The van der Waals surface area contributed by atoms with Crippen molar-refractivity contribution < 1.29 is 18.0 Å². The molecule has 3 aromatic carbocycles. The number of aromatic nitrogens is 3. The lowest BCUT2D eigenvalue weighted by Crippen LogP contribution is -2.19. The number of benzene rings is 3. The number of rotatable bonds is 7. The van der Waals surface area contributed by atoms with Gasteiger partial charge in [0.2, 0.25) is 5.91 Å². The van der Waals surface area contributed by atoms with Crippen LogP contribution in [0, 0.1) is 0 Å². The molecule has 10 heteroatoms. The molecule has 4 rings (SSSR count). The Morgan fingerprint density at radius 3 is 2.26 bits per heavy atom. The van der Waals surface area contributed by atoms with Gasteiger partial charge in [0.15, 0.2) is 11.0 Å². The van der Waals surface area contributed by atoms with E-state index in [2.05, 4.69) is 15.5 Å². The number of nitrogens with one attached hydrogen (secondary N) is 1. The van der Waals surface area contributed by atoms with E-state index in [9.17, 15) is 18.0 Å². The summed E-state index contributed by atoms with van der Waals surface area (Å²) in [6.07, 6.45) is -4.61. The first kappa shape index (κ1) is 24.3. The number of amides is 1. The summed E-state index contributed by atoms with van der Waals surface area (Å²) in [4.78, 5) is 14.2. The van der Waals surface area contributed by atoms with Crippen molar-refractivity contribution in [3.8, 4) is 17.1 Å². The van der Waals surface area contributed by atoms with E-state index in [-0.39, 0.29) is 11.4 Å². The van der Waals surface area contributed by atoms with Crippen molar-refractivity contribution in [1.82, 2.24) is 14.8 Å². The van der Waals surface area contributed by atoms with E-state index in [4.69, 9.17) is 0 Å². The number of hydrogen-bond acceptors (Lipinski definition) is 5. The highest BCUT2D eigenvalue weighted by atomic mass is 32.2. The van der Waals surface area contributed by atoms with E-state index in [1.54, 1.807) is 19.0 Å². The summed E-state index contributed by atoms with van der Waals surface area (Å²) >= 11 is 1.09. The number of halogens is 3. The van der Waals surface area contributed by atoms with E-state index in [0.717, 1.165) is 29.1 Å². The van der Waals surface area contributed by atoms with E-state index in [0.29, 0.717) is 16.7 Å². The first-order valence-corrected chi connectivity index (χ1v) is 11.6. The van der Waals surface area contributed by atoms with Gasteiger partial charge in [0.05, 0.1) is 17.0 Å². The monoisotopic (exact) mass is 497 g/mol. The number of alkyl halides is 3. The highest BCUT2D eigenvalue weighted by Gasteiger charge is 2.34. The Morgan fingerprint density at radius 1 is 0.971 bits per heavy atom. The zero-order valence-corrected chi connectivity index (χ0v) is 19.8. The molecule has 0 aliphatic heterocycles. The number of hydrogen-bond donors (Lipinski definition) is 1. The van der Waals surface area contributed by atoms with Gasteiger partial charge in [-0.1, -0.05) is 60.3 Å². The quantitative estimate of drug-likeness (QED) is 0.330. The summed E-state index contributed by atoms with van der Waals surface area (Å²) in [6.45, 7) is 0. The van der Waals surface area contributed by atoms with E-state index >= 15 is 0 Å². The molecule has 0 spiro atoms. The average Bonchev–Trinajstić information content (AvgIpc) is 3.27. The zero-order valence-electron chi connectivity index (χ0n) is 19.0. The smallest absolute Gasteiger partial charge is 0.378 e. The number of thioether (sulfide) groups is 1. The number of carbonyl (C=O) groups excluding carboxylic acids is 1. The minimum atomic E-state index is -4.61. The van der Waals surface area contributed by atoms with Crippen LogP contribution in [-0.4, -0.2) is 40.5 Å². The molecule has 1 N–H and O–H groups in total. The Balaban J connectivity index is 1.57. The van der Waals surface area contributed by atoms with Crippen molar-refractivity contribution in [3.63, 3.8) is 0 Å². The summed E-state index contributed by atoms with van der Waals surface area (Å²) in [5.41, 5.74) is 0.840. The van der Waals surface area contributed by atoms with Crippen LogP contribution in [0.2, 0.25) is 0 Å². The van der Waals surface area contributed by atoms with Gasteiger partial charge in [0, 0.05) is 31.0 Å². The van der Waals surface area contributed by atoms with Crippen molar-refractivity contribution in [2.24, 2.45) is 0 Å². The van der Waals surface area contributed by atoms with Crippen LogP contribution >= 0.6 is 11.8 Å². The minimum Gasteiger partial charge on any atom is -0.378 e. The van der Waals surface area contributed by atoms with Gasteiger partial charge in [-0.25, -0.2) is 0 Å². The maximum Gasteiger partial charge on any atom is 0.418 e. The molecule has 0 bridgehead atoms. The first-order chi connectivity index (χ1) is 16.7. The third-order valence-corrected chi connectivity index (χ3v) is 6.04. The second-order valence-electron chi connectivity index (χ2n) is 7.80. The molecule has 0 atom stereocenters. The third-order valence-electron chi connectivity index (χ3n) is 5.11. The summed E-state index contributed by atoms with van der Waals surface area (Å²) in [7, 11) is 3.30. The maximum absolute atomic E-state index is 13.6. The van der Waals surface area contributed by atoms with Crippen LogP contribution in [0.15, 0.2) is 84.0 Å². The molecule has 35 heavy (non-hydrogen) atoms. The van der Waals surface area contributed by atoms with E-state index in [1.165, 1.54) is 12.1 Å². The van der Waals surface area contributed by atoms with Gasteiger partial charge in [0.1, 0.15) is 0 Å². The van der Waals surface area contributed by atoms with Gasteiger partial charge in [-0.15, -0.1) is 10.2 Å². The number of nitrogens with zero attached hydrogens (tertiary/aromatic N) is 4. The van der Waals surface area contributed by atoms with Crippen LogP contribution in [0.5, 0.6) is 0 Å². The molecule has 1 heterocycles. The Bertz CT molecular complexity index is 1310. The average molecular weight is 498 g/mol. The Hall–Kier alpha value is -3.79. The largest absolute Gasteiger partial charge is 0.418 e. The second kappa shape index (κ2) is 10.2. The second-order valence-corrected chi connectivity index (χ2v) is 8.74. The standard InChI is InChI=1S/C25H22F3N5OS/c1-32(2)19-13-14-21(20(15-19)25(26,27)28)29-22(34)16-35-24-31-30-23(17-9-5-3-6-10-17)33(24)18-11-7-4-8-12-18/h3-15H,16H2,1-2H3,(H,29,34). The molecule has 0 radical (unpaired) electrons. The van der Waals surface area contributed by atoms with Crippen LogP contribution in [0.3, 0.4) is 0 Å². The zero-order chi connectivity index (χ0) is 25.0. The molecule has 0 aliphatic carbocycles. The number of para-hydroxylation sites is 1. The fourth-order valence-electron chi connectivity index (χ4n) is 3.42. The molecule has 4 aromatic rings. The van der Waals surface area contributed by atoms with Crippen LogP contribution < -0.4 is 10.2 Å². The van der Waals surface area contributed by atoms with Crippen molar-refractivity contribution in [2.45, 2.75) is 11.3 Å². The number of anilines is 2. The van der Waals surface area contributed by atoms with Gasteiger partial charge in [-0.3, -0.25) is 9.36 Å². The minimum absolute atomic E-state index is 0.146. The SMILES string of the molecule is CN(C)c1ccc(NC(=O)CSc2nnc(-c3ccccc3)n2-c2ccccc2)c(C(F)(F)F)c1. The highest BCUT2D eigenvalue weighted by molar-refractivity contribution is 7.99. The molecule has 1 amide bonds. The lowest BCUT2D eigenvalue weighted by molar-refractivity contribution is -0.136. The molecule has 0 aliphatic rings. The fourth-order valence-corrected chi connectivity index (χ4v) is 4.17. The predicted molar refractivity (Wildman–Crippen MR) is 132 cm³/mol. The summed E-state index contributed by atoms with van der Waals surface area (Å²) in [5.74, 6) is -0.132. The predicted octanol–water partition coefficient (Wildman–Crippen LogP) is 5.75. The van der Waals surface area contributed by atoms with Crippen LogP contribution in [0.25, 0.3) is 17.1 Å². The van der Waals surface area contributed by atoms with Crippen molar-refractivity contribution in [3.05, 3.63) is 84.4 Å². The summed E-state index contributed by atoms with van der Waals surface area (Å²) in [5, 5.41) is 11.4. The topological polar surface area (TPSA) is 63.1 Å². The number of carbonyl (C=O) groups is 1. The lowest BCUT2D eigenvalue weighted by Gasteiger charge is -2.18. The van der Waals surface area contributed by atoms with E-state index < -0.39 is 17.6 Å². The Morgan fingerprint density at radius 2 is 1.63 bits per heavy atom. The highest BCUT2D eigenvalue weighted by Crippen LogP contribution is 2.37. The van der Waals surface area contributed by atoms with Crippen molar-refractivity contribution in [1.29, 1.82) is 0 Å². The molecule has 1 aromatic heterocycles. The molecule has 0 fully saturated rings. The van der Waals surface area contributed by atoms with Crippen LogP contribution in [-0.2, 0) is 11.0 Å². The van der Waals surface area contributed by atoms with Crippen LogP contribution in [0.1, 0.15) is 5.56 Å². The maximum atomic E-state index is 13.6. The van der Waals surface area contributed by atoms with Crippen molar-refractivity contribution >= 4 is 29.0 Å². The Labute approximate surface area is 204 Å². The van der Waals surface area contributed by atoms with Gasteiger partial charge in [-0.05, 0) is 30.3 Å². The first-order valence-electron chi connectivity index (χ1n) is 10.6. The fraction of sp³-hybridized carbons (Fsp3) is 0.160. The van der Waals surface area contributed by atoms with Crippen LogP contribution in [0.4, 0.5) is 24.5 Å². The summed E-state index contributed by atoms with van der Waals surface area (Å²) in [6, 6.07) is 22.7. The molecule has 6 nitrogen and oxygen atoms in total. The molecule has 0 saturated carbocycles. The van der Waals surface area contributed by atoms with Gasteiger partial charge >= 0.3 is 6.18 Å². The van der Waals surface area contributed by atoms with E-state index in [1.807, 2.05) is 65.2 Å². The normalized spacial score (nSPS) is 11.3. The van der Waals surface area contributed by atoms with Crippen molar-refractivity contribution in [2.75, 3.05) is 30.1 Å². The lowest BCUT2D eigenvalue weighted by atomic mass is 10.1. The van der Waals surface area contributed by atoms with Gasteiger partial charge in [0.25, 0.3) is 0 Å². The molecule has 0 unspecified atom stereocenters. The third kappa shape index (κ3) is 5.65. The molecule has 180 valence electrons. The van der Waals surface area contributed by atoms with Gasteiger partial charge < -0.3 is 10.2 Å².